The smallest absolute Gasteiger partial charge is 0.158 e. The van der Waals surface area contributed by atoms with Crippen LogP contribution in [0.3, 0.4) is 0 Å². The lowest BCUT2D eigenvalue weighted by Gasteiger charge is -2.42. The van der Waals surface area contributed by atoms with Gasteiger partial charge >= 0.3 is 0 Å². The Morgan fingerprint density at radius 3 is 2.73 bits per heavy atom. The van der Waals surface area contributed by atoms with Crippen LogP contribution in [0.5, 0.6) is 0 Å². The lowest BCUT2D eigenvalue weighted by molar-refractivity contribution is 0.187. The molecule has 8 heteroatoms. The first kappa shape index (κ1) is 20.5. The van der Waals surface area contributed by atoms with Crippen molar-refractivity contribution < 1.29 is 4.39 Å². The molecule has 1 saturated heterocycles. The summed E-state index contributed by atoms with van der Waals surface area (Å²) in [6, 6.07) is 14.2. The molecule has 33 heavy (non-hydrogen) atoms. The average molecular weight is 461 g/mol. The lowest BCUT2D eigenvalue weighted by Crippen LogP contribution is -2.44. The third-order valence-electron chi connectivity index (χ3n) is 7.25. The van der Waals surface area contributed by atoms with Crippen molar-refractivity contribution in [3.8, 4) is 0 Å². The van der Waals surface area contributed by atoms with Crippen molar-refractivity contribution in [1.29, 1.82) is 0 Å². The Bertz CT molecular complexity index is 1340. The molecular formula is C25H25FN6S. The summed E-state index contributed by atoms with van der Waals surface area (Å²) in [5.41, 5.74) is 16.5. The summed E-state index contributed by atoms with van der Waals surface area (Å²) in [6.07, 6.45) is 6.20. The van der Waals surface area contributed by atoms with Gasteiger partial charge in [-0.15, -0.1) is 0 Å². The van der Waals surface area contributed by atoms with E-state index in [-0.39, 0.29) is 17.3 Å². The molecule has 0 unspecified atom stereocenters. The molecule has 1 spiro atoms. The number of anilines is 2. The van der Waals surface area contributed by atoms with Crippen LogP contribution in [0.2, 0.25) is 0 Å². The van der Waals surface area contributed by atoms with Gasteiger partial charge in [-0.1, -0.05) is 42.1 Å². The highest BCUT2D eigenvalue weighted by Gasteiger charge is 2.45. The molecule has 2 aliphatic rings. The number of halogens is 1. The van der Waals surface area contributed by atoms with E-state index >= 15 is 0 Å². The number of H-pyrrole nitrogens is 1. The zero-order chi connectivity index (χ0) is 22.6. The van der Waals surface area contributed by atoms with Crippen LogP contribution >= 0.6 is 11.8 Å². The lowest BCUT2D eigenvalue weighted by atomic mass is 9.73. The van der Waals surface area contributed by atoms with Crippen molar-refractivity contribution >= 4 is 34.3 Å². The summed E-state index contributed by atoms with van der Waals surface area (Å²) < 4.78 is 14.2. The number of fused-ring (bicyclic) bond motifs is 2. The van der Waals surface area contributed by atoms with E-state index in [0.717, 1.165) is 48.6 Å². The topological polar surface area (TPSA) is 96.8 Å². The van der Waals surface area contributed by atoms with Gasteiger partial charge in [0.1, 0.15) is 16.7 Å². The van der Waals surface area contributed by atoms with E-state index in [1.165, 1.54) is 29.1 Å². The van der Waals surface area contributed by atoms with Crippen LogP contribution in [0.1, 0.15) is 30.0 Å². The molecule has 5 N–H and O–H groups in total. The van der Waals surface area contributed by atoms with Crippen molar-refractivity contribution in [2.24, 2.45) is 11.1 Å². The molecule has 1 aliphatic carbocycles. The summed E-state index contributed by atoms with van der Waals surface area (Å²) >= 11 is 1.33. The highest BCUT2D eigenvalue weighted by molar-refractivity contribution is 7.99. The molecule has 3 heterocycles. The third-order valence-corrected chi connectivity index (χ3v) is 8.32. The molecule has 0 amide bonds. The van der Waals surface area contributed by atoms with E-state index in [4.69, 9.17) is 11.5 Å². The fraction of sp³-hybridized carbons (Fsp3) is 0.280. The van der Waals surface area contributed by atoms with Crippen LogP contribution in [-0.2, 0) is 6.42 Å². The number of rotatable bonds is 3. The van der Waals surface area contributed by atoms with E-state index in [1.807, 2.05) is 18.2 Å². The number of piperidine rings is 1. The Kier molecular flexibility index (Phi) is 4.81. The molecule has 2 aromatic heterocycles. The summed E-state index contributed by atoms with van der Waals surface area (Å²) in [7, 11) is 0. The van der Waals surface area contributed by atoms with Crippen molar-refractivity contribution in [1.82, 2.24) is 15.0 Å². The number of hydrogen-bond donors (Lipinski definition) is 3. The van der Waals surface area contributed by atoms with Crippen LogP contribution in [0.15, 0.2) is 64.8 Å². The minimum absolute atomic E-state index is 0.0855. The maximum atomic E-state index is 14.2. The second kappa shape index (κ2) is 7.74. The monoisotopic (exact) mass is 460 g/mol. The summed E-state index contributed by atoms with van der Waals surface area (Å²) in [6.45, 7) is 1.74. The van der Waals surface area contributed by atoms with Crippen molar-refractivity contribution in [3.63, 3.8) is 0 Å². The summed E-state index contributed by atoms with van der Waals surface area (Å²) in [5, 5.41) is 1.12. The largest absolute Gasteiger partial charge is 0.381 e. The van der Waals surface area contributed by atoms with Gasteiger partial charge in [-0.25, -0.2) is 14.4 Å². The van der Waals surface area contributed by atoms with E-state index < -0.39 is 0 Å². The standard InChI is InChI=1S/C25H25FN6S/c26-17-13-29-18-6-3-7-19(21(17)18)33-24-23(28)31-20(14-30-24)32-10-8-25(9-11-32)12-15-4-1-2-5-16(15)22(25)27/h1-7,13-14,22,29H,8-12,27H2,(H2,28,31)/t22-/m1/s1. The summed E-state index contributed by atoms with van der Waals surface area (Å²) in [5.74, 6) is 0.850. The number of nitrogen functional groups attached to an aromatic ring is 1. The van der Waals surface area contributed by atoms with E-state index in [1.54, 1.807) is 6.20 Å². The Balaban J connectivity index is 1.19. The second-order valence-electron chi connectivity index (χ2n) is 9.04. The van der Waals surface area contributed by atoms with Gasteiger partial charge in [-0.3, -0.25) is 0 Å². The number of aromatic amines is 1. The van der Waals surface area contributed by atoms with Gasteiger partial charge in [0.25, 0.3) is 0 Å². The molecule has 6 nitrogen and oxygen atoms in total. The molecule has 0 radical (unpaired) electrons. The van der Waals surface area contributed by atoms with Gasteiger partial charge < -0.3 is 21.4 Å². The fourth-order valence-electron chi connectivity index (χ4n) is 5.40. The number of nitrogens with zero attached hydrogens (tertiary/aromatic N) is 3. The minimum atomic E-state index is -0.286. The van der Waals surface area contributed by atoms with Gasteiger partial charge in [0, 0.05) is 41.1 Å². The first-order valence-electron chi connectivity index (χ1n) is 11.2. The molecule has 6 rings (SSSR count). The van der Waals surface area contributed by atoms with Crippen LogP contribution in [0.4, 0.5) is 16.0 Å². The zero-order valence-electron chi connectivity index (χ0n) is 18.1. The van der Waals surface area contributed by atoms with Crippen molar-refractivity contribution in [2.45, 2.75) is 35.2 Å². The molecular weight excluding hydrogens is 435 g/mol. The van der Waals surface area contributed by atoms with Gasteiger partial charge in [0.2, 0.25) is 0 Å². The van der Waals surface area contributed by atoms with Gasteiger partial charge in [-0.2, -0.15) is 0 Å². The SMILES string of the molecule is Nc1nc(N2CCC3(CC2)Cc2ccccc2[C@H]3N)cnc1Sc1cccc2[nH]cc(F)c12. The Hall–Kier alpha value is -3.10. The molecule has 1 atom stereocenters. The molecule has 2 aromatic carbocycles. The first-order valence-corrected chi connectivity index (χ1v) is 12.0. The normalized spacial score (nSPS) is 19.3. The number of hydrogen-bond acceptors (Lipinski definition) is 6. The molecule has 1 aliphatic heterocycles. The van der Waals surface area contributed by atoms with Crippen LogP contribution in [0.25, 0.3) is 10.9 Å². The highest BCUT2D eigenvalue weighted by Crippen LogP contribution is 2.51. The quantitative estimate of drug-likeness (QED) is 0.411. The van der Waals surface area contributed by atoms with E-state index in [0.29, 0.717) is 16.2 Å². The van der Waals surface area contributed by atoms with Gasteiger partial charge in [-0.05, 0) is 47.9 Å². The number of nitrogens with one attached hydrogen (secondary N) is 1. The predicted octanol–water partition coefficient (Wildman–Crippen LogP) is 4.67. The maximum Gasteiger partial charge on any atom is 0.158 e. The average Bonchev–Trinajstić information content (AvgIpc) is 3.34. The Morgan fingerprint density at radius 2 is 1.94 bits per heavy atom. The van der Waals surface area contributed by atoms with Crippen LogP contribution in [-0.4, -0.2) is 28.0 Å². The maximum absolute atomic E-state index is 14.2. The molecule has 4 aromatic rings. The number of aromatic nitrogens is 3. The second-order valence-corrected chi connectivity index (χ2v) is 10.1. The van der Waals surface area contributed by atoms with Gasteiger partial charge in [0.15, 0.2) is 5.82 Å². The van der Waals surface area contributed by atoms with Crippen LogP contribution in [0, 0.1) is 11.2 Å². The van der Waals surface area contributed by atoms with Crippen LogP contribution < -0.4 is 16.4 Å². The van der Waals surface area contributed by atoms with E-state index in [9.17, 15) is 4.39 Å². The predicted molar refractivity (Wildman–Crippen MR) is 130 cm³/mol. The van der Waals surface area contributed by atoms with Crippen molar-refractivity contribution in [2.75, 3.05) is 23.7 Å². The fourth-order valence-corrected chi connectivity index (χ4v) is 6.32. The summed E-state index contributed by atoms with van der Waals surface area (Å²) in [4.78, 5) is 15.2. The molecule has 0 saturated carbocycles. The van der Waals surface area contributed by atoms with Crippen molar-refractivity contribution in [3.05, 3.63) is 71.8 Å². The minimum Gasteiger partial charge on any atom is -0.381 e. The number of benzene rings is 2. The van der Waals surface area contributed by atoms with E-state index in [2.05, 4.69) is 44.1 Å². The van der Waals surface area contributed by atoms with Gasteiger partial charge in [0.05, 0.1) is 6.20 Å². The first-order chi connectivity index (χ1) is 16.0. The molecule has 1 fully saturated rings. The third kappa shape index (κ3) is 3.36. The Labute approximate surface area is 195 Å². The highest BCUT2D eigenvalue weighted by atomic mass is 32.2. The molecule has 168 valence electrons. The Morgan fingerprint density at radius 1 is 1.12 bits per heavy atom. The zero-order valence-corrected chi connectivity index (χ0v) is 18.9. The molecule has 0 bridgehead atoms. The number of nitrogens with two attached hydrogens (primary N) is 2.